The lowest BCUT2D eigenvalue weighted by Crippen LogP contribution is -2.60. The Morgan fingerprint density at radius 3 is 2.65 bits per heavy atom. The first-order chi connectivity index (χ1) is 16.3. The van der Waals surface area contributed by atoms with Crippen LogP contribution in [-0.2, 0) is 9.59 Å². The number of likely N-dealkylation sites (tertiary alicyclic amines) is 1. The Bertz CT molecular complexity index is 1210. The standard InChI is InChI=1S/C27H32N4O2S/c1-27(2,3)23(30-24(32)20-13-14-28-20)26(33)31-15-7-12-22(31)25-29-21(16-34-25)19-11-6-9-17-8-4-5-10-18(17)19/h4-6,8-11,16,20,22-23,28H,7,12-15H2,1-3H3,(H,30,32)/t20-,22+,23-/m1/s1. The number of hydrogen-bond donors (Lipinski definition) is 2. The van der Waals surface area contributed by atoms with Crippen LogP contribution >= 0.6 is 11.3 Å². The van der Waals surface area contributed by atoms with Crippen molar-refractivity contribution in [3.63, 3.8) is 0 Å². The smallest absolute Gasteiger partial charge is 0.246 e. The van der Waals surface area contributed by atoms with Crippen LogP contribution in [0.5, 0.6) is 0 Å². The molecule has 1 aromatic heterocycles. The SMILES string of the molecule is CC(C)(C)[C@H](NC(=O)[C@H]1CCN1)C(=O)N1CCC[C@H]1c1nc(-c2cccc3ccccc23)cs1. The number of fused-ring (bicyclic) bond motifs is 1. The van der Waals surface area contributed by atoms with Gasteiger partial charge in [-0.3, -0.25) is 9.59 Å². The van der Waals surface area contributed by atoms with Crippen LogP contribution < -0.4 is 10.6 Å². The number of nitrogens with one attached hydrogen (secondary N) is 2. The first-order valence-electron chi connectivity index (χ1n) is 12.1. The fourth-order valence-corrected chi connectivity index (χ4v) is 5.84. The molecular formula is C27H32N4O2S. The van der Waals surface area contributed by atoms with Crippen molar-refractivity contribution in [3.05, 3.63) is 52.9 Å². The van der Waals surface area contributed by atoms with E-state index in [0.29, 0.717) is 6.54 Å². The molecule has 0 bridgehead atoms. The average molecular weight is 477 g/mol. The van der Waals surface area contributed by atoms with Crippen molar-refractivity contribution in [2.75, 3.05) is 13.1 Å². The predicted molar refractivity (Wildman–Crippen MR) is 137 cm³/mol. The van der Waals surface area contributed by atoms with Gasteiger partial charge >= 0.3 is 0 Å². The lowest BCUT2D eigenvalue weighted by Gasteiger charge is -2.37. The second-order valence-corrected chi connectivity index (χ2v) is 11.3. The summed E-state index contributed by atoms with van der Waals surface area (Å²) in [7, 11) is 0. The number of thiazole rings is 1. The lowest BCUT2D eigenvalue weighted by atomic mass is 9.85. The van der Waals surface area contributed by atoms with Gasteiger partial charge in [-0.1, -0.05) is 63.2 Å². The molecule has 3 atom stereocenters. The van der Waals surface area contributed by atoms with Crippen molar-refractivity contribution in [2.45, 2.75) is 58.2 Å². The molecule has 0 aliphatic carbocycles. The Morgan fingerprint density at radius 2 is 1.91 bits per heavy atom. The highest BCUT2D eigenvalue weighted by Gasteiger charge is 2.42. The fourth-order valence-electron chi connectivity index (χ4n) is 4.87. The van der Waals surface area contributed by atoms with Crippen molar-refractivity contribution in [1.82, 2.24) is 20.5 Å². The van der Waals surface area contributed by atoms with Gasteiger partial charge < -0.3 is 15.5 Å². The zero-order valence-corrected chi connectivity index (χ0v) is 20.8. The van der Waals surface area contributed by atoms with E-state index in [-0.39, 0.29) is 29.3 Å². The molecule has 2 aromatic carbocycles. The minimum atomic E-state index is -0.569. The Hall–Kier alpha value is -2.77. The summed E-state index contributed by atoms with van der Waals surface area (Å²) in [4.78, 5) is 33.4. The quantitative estimate of drug-likeness (QED) is 0.568. The molecule has 2 N–H and O–H groups in total. The lowest BCUT2D eigenvalue weighted by molar-refractivity contribution is -0.141. The molecule has 6 nitrogen and oxygen atoms in total. The predicted octanol–water partition coefficient (Wildman–Crippen LogP) is 4.52. The van der Waals surface area contributed by atoms with Crippen molar-refractivity contribution >= 4 is 33.9 Å². The van der Waals surface area contributed by atoms with E-state index in [1.54, 1.807) is 11.3 Å². The van der Waals surface area contributed by atoms with Gasteiger partial charge in [-0.05, 0) is 42.0 Å². The monoisotopic (exact) mass is 476 g/mol. The van der Waals surface area contributed by atoms with E-state index < -0.39 is 6.04 Å². The molecule has 2 saturated heterocycles. The molecule has 2 amide bonds. The highest BCUT2D eigenvalue weighted by atomic mass is 32.1. The summed E-state index contributed by atoms with van der Waals surface area (Å²) in [5.74, 6) is -0.0904. The molecule has 3 heterocycles. The number of nitrogens with zero attached hydrogens (tertiary/aromatic N) is 2. The molecule has 34 heavy (non-hydrogen) atoms. The van der Waals surface area contributed by atoms with Crippen LogP contribution in [-0.4, -0.2) is 46.9 Å². The average Bonchev–Trinajstić information content (AvgIpc) is 3.44. The molecule has 2 fully saturated rings. The van der Waals surface area contributed by atoms with Crippen molar-refractivity contribution in [3.8, 4) is 11.3 Å². The molecule has 0 unspecified atom stereocenters. The molecule has 0 radical (unpaired) electrons. The zero-order valence-electron chi connectivity index (χ0n) is 20.0. The van der Waals surface area contributed by atoms with Crippen molar-refractivity contribution < 1.29 is 9.59 Å². The van der Waals surface area contributed by atoms with E-state index >= 15 is 0 Å². The van der Waals surface area contributed by atoms with Gasteiger partial charge in [0.25, 0.3) is 0 Å². The van der Waals surface area contributed by atoms with Gasteiger partial charge in [0.2, 0.25) is 11.8 Å². The normalized spacial score (nSPS) is 21.3. The summed E-state index contributed by atoms with van der Waals surface area (Å²) in [5.41, 5.74) is 1.68. The van der Waals surface area contributed by atoms with E-state index in [1.165, 1.54) is 10.8 Å². The first-order valence-corrected chi connectivity index (χ1v) is 13.0. The summed E-state index contributed by atoms with van der Waals surface area (Å²) in [5, 5.41) is 11.6. The molecule has 7 heteroatoms. The molecule has 5 rings (SSSR count). The van der Waals surface area contributed by atoms with Gasteiger partial charge in [-0.15, -0.1) is 11.3 Å². The molecule has 0 spiro atoms. The number of amides is 2. The molecule has 3 aromatic rings. The molecule has 178 valence electrons. The number of aromatic nitrogens is 1. The number of hydrogen-bond acceptors (Lipinski definition) is 5. The number of carbonyl (C=O) groups excluding carboxylic acids is 2. The number of benzene rings is 2. The van der Waals surface area contributed by atoms with Gasteiger partial charge in [0, 0.05) is 17.5 Å². The van der Waals surface area contributed by atoms with Crippen LogP contribution in [0.25, 0.3) is 22.0 Å². The van der Waals surface area contributed by atoms with Gasteiger partial charge in [-0.25, -0.2) is 4.98 Å². The third-order valence-corrected chi connectivity index (χ3v) is 7.89. The van der Waals surface area contributed by atoms with Crippen LogP contribution in [0.2, 0.25) is 0 Å². The van der Waals surface area contributed by atoms with Crippen LogP contribution in [0, 0.1) is 5.41 Å². The second-order valence-electron chi connectivity index (χ2n) is 10.4. The van der Waals surface area contributed by atoms with E-state index in [4.69, 9.17) is 4.98 Å². The van der Waals surface area contributed by atoms with Crippen LogP contribution in [0.15, 0.2) is 47.8 Å². The van der Waals surface area contributed by atoms with E-state index in [2.05, 4.69) is 52.4 Å². The maximum atomic E-state index is 13.8. The third-order valence-electron chi connectivity index (χ3n) is 6.95. The maximum absolute atomic E-state index is 13.8. The van der Waals surface area contributed by atoms with Gasteiger partial charge in [-0.2, -0.15) is 0 Å². The minimum absolute atomic E-state index is 0.00964. The number of carbonyl (C=O) groups is 2. The van der Waals surface area contributed by atoms with Gasteiger partial charge in [0.05, 0.1) is 17.8 Å². The summed E-state index contributed by atoms with van der Waals surface area (Å²) >= 11 is 1.62. The second kappa shape index (κ2) is 9.12. The van der Waals surface area contributed by atoms with Crippen molar-refractivity contribution in [2.24, 2.45) is 5.41 Å². The van der Waals surface area contributed by atoms with Crippen LogP contribution in [0.3, 0.4) is 0 Å². The molecule has 2 aliphatic rings. The largest absolute Gasteiger partial charge is 0.342 e. The van der Waals surface area contributed by atoms with Gasteiger partial charge in [0.1, 0.15) is 11.0 Å². The first kappa shape index (κ1) is 23.0. The van der Waals surface area contributed by atoms with Crippen LogP contribution in [0.1, 0.15) is 51.1 Å². The maximum Gasteiger partial charge on any atom is 0.246 e. The highest BCUT2D eigenvalue weighted by Crippen LogP contribution is 2.38. The third kappa shape index (κ3) is 4.34. The van der Waals surface area contributed by atoms with Crippen LogP contribution in [0.4, 0.5) is 0 Å². The molecule has 0 saturated carbocycles. The fraction of sp³-hybridized carbons (Fsp3) is 0.444. The molecular weight excluding hydrogens is 444 g/mol. The van der Waals surface area contributed by atoms with E-state index in [9.17, 15) is 9.59 Å². The Labute approximate surface area is 204 Å². The van der Waals surface area contributed by atoms with Gasteiger partial charge in [0.15, 0.2) is 0 Å². The van der Waals surface area contributed by atoms with Crippen molar-refractivity contribution in [1.29, 1.82) is 0 Å². The highest BCUT2D eigenvalue weighted by molar-refractivity contribution is 7.10. The summed E-state index contributed by atoms with van der Waals surface area (Å²) in [6.07, 6.45) is 2.65. The number of rotatable bonds is 5. The Morgan fingerprint density at radius 1 is 1.15 bits per heavy atom. The topological polar surface area (TPSA) is 74.3 Å². The zero-order chi connectivity index (χ0) is 23.9. The summed E-state index contributed by atoms with van der Waals surface area (Å²) < 4.78 is 0. The Balaban J connectivity index is 1.39. The summed E-state index contributed by atoms with van der Waals surface area (Å²) in [6.45, 7) is 7.58. The molecule has 2 aliphatic heterocycles. The minimum Gasteiger partial charge on any atom is -0.342 e. The Kier molecular flexibility index (Phi) is 6.16. The summed E-state index contributed by atoms with van der Waals surface area (Å²) in [6, 6.07) is 13.8. The van der Waals surface area contributed by atoms with E-state index in [1.807, 2.05) is 31.7 Å². The van der Waals surface area contributed by atoms with E-state index in [0.717, 1.165) is 42.1 Å².